The summed E-state index contributed by atoms with van der Waals surface area (Å²) in [4.78, 5) is 26.1. The van der Waals surface area contributed by atoms with Gasteiger partial charge in [0.1, 0.15) is 16.8 Å². The van der Waals surface area contributed by atoms with Crippen molar-refractivity contribution < 1.29 is 9.53 Å². The van der Waals surface area contributed by atoms with Crippen LogP contribution in [0.2, 0.25) is 0 Å². The molecule has 0 bridgehead atoms. The quantitative estimate of drug-likeness (QED) is 0.664. The van der Waals surface area contributed by atoms with Gasteiger partial charge in [-0.3, -0.25) is 0 Å². The maximum atomic E-state index is 12.1. The summed E-state index contributed by atoms with van der Waals surface area (Å²) in [6.07, 6.45) is 10.2. The molecule has 4 heterocycles. The smallest absolute Gasteiger partial charge is 0.410 e. The van der Waals surface area contributed by atoms with Gasteiger partial charge < -0.3 is 24.5 Å². The molecule has 1 aliphatic heterocycles. The van der Waals surface area contributed by atoms with Crippen molar-refractivity contribution >= 4 is 28.2 Å². The lowest BCUT2D eigenvalue weighted by Gasteiger charge is -2.41. The molecular formula is C23H32N6O2. The van der Waals surface area contributed by atoms with Crippen molar-refractivity contribution in [2.45, 2.75) is 64.1 Å². The van der Waals surface area contributed by atoms with Gasteiger partial charge in [0.15, 0.2) is 0 Å². The minimum Gasteiger partial charge on any atom is -0.444 e. The van der Waals surface area contributed by atoms with E-state index in [1.165, 1.54) is 5.52 Å². The number of likely N-dealkylation sites (tertiary alicyclic amines) is 1. The van der Waals surface area contributed by atoms with Crippen LogP contribution in [0.5, 0.6) is 0 Å². The van der Waals surface area contributed by atoms with Crippen molar-refractivity contribution in [1.29, 1.82) is 0 Å². The first-order valence-electron chi connectivity index (χ1n) is 11.4. The molecule has 1 amide bonds. The first-order valence-corrected chi connectivity index (χ1v) is 11.4. The van der Waals surface area contributed by atoms with Gasteiger partial charge in [-0.05, 0) is 52.5 Å². The molecule has 2 N–H and O–H groups in total. The van der Waals surface area contributed by atoms with Crippen LogP contribution in [0.1, 0.15) is 52.5 Å². The monoisotopic (exact) mass is 424 g/mol. The molecule has 8 nitrogen and oxygen atoms in total. The van der Waals surface area contributed by atoms with Crippen LogP contribution in [0.4, 0.5) is 4.79 Å². The number of pyridine rings is 1. The highest BCUT2D eigenvalue weighted by atomic mass is 16.6. The topological polar surface area (TPSA) is 88.1 Å². The maximum Gasteiger partial charge on any atom is 0.410 e. The number of nitrogens with zero attached hydrogens (tertiary/aromatic N) is 4. The summed E-state index contributed by atoms with van der Waals surface area (Å²) in [6.45, 7) is 8.27. The van der Waals surface area contributed by atoms with Gasteiger partial charge in [0.25, 0.3) is 0 Å². The van der Waals surface area contributed by atoms with Crippen molar-refractivity contribution in [1.82, 2.24) is 29.7 Å². The molecule has 166 valence electrons. The number of hydrogen-bond acceptors (Lipinski definition) is 5. The van der Waals surface area contributed by atoms with E-state index in [0.717, 1.165) is 61.9 Å². The van der Waals surface area contributed by atoms with E-state index in [0.29, 0.717) is 18.0 Å². The molecular weight excluding hydrogens is 392 g/mol. The Bertz CT molecular complexity index is 1070. The second kappa shape index (κ2) is 7.82. The van der Waals surface area contributed by atoms with Crippen LogP contribution in [-0.2, 0) is 4.74 Å². The molecule has 0 radical (unpaired) electrons. The second-order valence-electron chi connectivity index (χ2n) is 10.0. The third-order valence-corrected chi connectivity index (χ3v) is 6.51. The third kappa shape index (κ3) is 4.13. The predicted octanol–water partition coefficient (Wildman–Crippen LogP) is 3.85. The van der Waals surface area contributed by atoms with Crippen LogP contribution in [0.25, 0.3) is 22.1 Å². The van der Waals surface area contributed by atoms with Crippen LogP contribution < -0.4 is 5.32 Å². The molecule has 0 spiro atoms. The highest BCUT2D eigenvalue weighted by Crippen LogP contribution is 2.33. The number of amides is 1. The van der Waals surface area contributed by atoms with Crippen LogP contribution >= 0.6 is 0 Å². The molecule has 2 aliphatic rings. The van der Waals surface area contributed by atoms with E-state index < -0.39 is 5.60 Å². The number of ether oxygens (including phenoxy) is 1. The molecule has 31 heavy (non-hydrogen) atoms. The first kappa shape index (κ1) is 20.3. The Morgan fingerprint density at radius 1 is 1.23 bits per heavy atom. The van der Waals surface area contributed by atoms with Crippen molar-refractivity contribution in [2.75, 3.05) is 19.6 Å². The Kier molecular flexibility index (Phi) is 5.12. The molecule has 1 aliphatic carbocycles. The lowest BCUT2D eigenvalue weighted by molar-refractivity contribution is -0.00126. The van der Waals surface area contributed by atoms with E-state index >= 15 is 0 Å². The third-order valence-electron chi connectivity index (χ3n) is 6.51. The summed E-state index contributed by atoms with van der Waals surface area (Å²) in [5.74, 6) is 0.525. The number of carbonyl (C=O) groups is 1. The van der Waals surface area contributed by atoms with Gasteiger partial charge in [-0.1, -0.05) is 0 Å². The van der Waals surface area contributed by atoms with Crippen LogP contribution in [0, 0.1) is 5.92 Å². The molecule has 3 aromatic rings. The predicted molar refractivity (Wildman–Crippen MR) is 120 cm³/mol. The minimum atomic E-state index is -0.428. The Labute approximate surface area is 182 Å². The number of H-pyrrole nitrogens is 1. The standard InChI is InChI=1S/C23H32N6O2/c1-23(2,3)31-22(30)28-12-15(13-28)10-25-16-4-6-17(7-5-16)29-14-27-19-11-26-21-18(20(19)29)8-9-24-21/h8-9,11,14-17,25H,4-7,10,12-13H2,1-3H3,(H,24,26)/t16-,17-. The van der Waals surface area contributed by atoms with Gasteiger partial charge in [0.05, 0.1) is 18.0 Å². The number of aromatic nitrogens is 4. The number of hydrogen-bond donors (Lipinski definition) is 2. The zero-order valence-corrected chi connectivity index (χ0v) is 18.6. The van der Waals surface area contributed by atoms with Crippen molar-refractivity contribution in [2.24, 2.45) is 5.92 Å². The molecule has 1 saturated carbocycles. The van der Waals surface area contributed by atoms with E-state index in [9.17, 15) is 4.79 Å². The van der Waals surface area contributed by atoms with E-state index in [1.807, 2.05) is 39.5 Å². The average Bonchev–Trinajstić information content (AvgIpc) is 3.32. The van der Waals surface area contributed by atoms with Crippen LogP contribution in [0.15, 0.2) is 24.8 Å². The number of nitrogens with one attached hydrogen (secondary N) is 2. The highest BCUT2D eigenvalue weighted by molar-refractivity contribution is 6.00. The van der Waals surface area contributed by atoms with Gasteiger partial charge >= 0.3 is 6.09 Å². The summed E-state index contributed by atoms with van der Waals surface area (Å²) in [6, 6.07) is 3.13. The average molecular weight is 425 g/mol. The molecule has 0 unspecified atom stereocenters. The lowest BCUT2D eigenvalue weighted by atomic mass is 9.90. The van der Waals surface area contributed by atoms with Gasteiger partial charge in [0.2, 0.25) is 0 Å². The molecule has 2 fully saturated rings. The zero-order valence-electron chi connectivity index (χ0n) is 18.6. The second-order valence-corrected chi connectivity index (χ2v) is 10.0. The normalized spacial score (nSPS) is 22.7. The van der Waals surface area contributed by atoms with E-state index in [1.54, 1.807) is 4.90 Å². The fraction of sp³-hybridized carbons (Fsp3) is 0.609. The number of rotatable bonds is 4. The van der Waals surface area contributed by atoms with Crippen LogP contribution in [0.3, 0.4) is 0 Å². The van der Waals surface area contributed by atoms with Gasteiger partial charge in [0, 0.05) is 49.2 Å². The molecule has 1 saturated heterocycles. The Morgan fingerprint density at radius 2 is 2.00 bits per heavy atom. The summed E-state index contributed by atoms with van der Waals surface area (Å²) >= 11 is 0. The molecule has 0 aromatic carbocycles. The fourth-order valence-electron chi connectivity index (χ4n) is 4.87. The number of aromatic amines is 1. The molecule has 3 aromatic heterocycles. The van der Waals surface area contributed by atoms with E-state index in [4.69, 9.17) is 4.74 Å². The van der Waals surface area contributed by atoms with Crippen LogP contribution in [-0.4, -0.2) is 61.8 Å². The largest absolute Gasteiger partial charge is 0.444 e. The molecule has 8 heteroatoms. The number of imidazole rings is 1. The fourth-order valence-corrected chi connectivity index (χ4v) is 4.87. The lowest BCUT2D eigenvalue weighted by Crippen LogP contribution is -2.55. The Hall–Kier alpha value is -2.61. The van der Waals surface area contributed by atoms with Gasteiger partial charge in [-0.2, -0.15) is 0 Å². The van der Waals surface area contributed by atoms with Gasteiger partial charge in [-0.15, -0.1) is 0 Å². The van der Waals surface area contributed by atoms with Gasteiger partial charge in [-0.25, -0.2) is 14.8 Å². The molecule has 0 atom stereocenters. The number of fused-ring (bicyclic) bond motifs is 3. The van der Waals surface area contributed by atoms with E-state index in [2.05, 4.69) is 30.9 Å². The summed E-state index contributed by atoms with van der Waals surface area (Å²) < 4.78 is 7.79. The SMILES string of the molecule is CC(C)(C)OC(=O)N1CC(CN[C@H]2CC[C@H](n3cnc4cnc5[nH]ccc5c43)CC2)C1. The van der Waals surface area contributed by atoms with Crippen molar-refractivity contribution in [3.63, 3.8) is 0 Å². The van der Waals surface area contributed by atoms with E-state index in [-0.39, 0.29) is 6.09 Å². The Balaban J connectivity index is 1.11. The minimum absolute atomic E-state index is 0.191. The summed E-state index contributed by atoms with van der Waals surface area (Å²) in [7, 11) is 0. The zero-order chi connectivity index (χ0) is 21.6. The maximum absolute atomic E-state index is 12.1. The molecule has 5 rings (SSSR count). The Morgan fingerprint density at radius 3 is 2.74 bits per heavy atom. The highest BCUT2D eigenvalue weighted by Gasteiger charge is 2.34. The number of carbonyl (C=O) groups excluding carboxylic acids is 1. The summed E-state index contributed by atoms with van der Waals surface area (Å²) in [5, 5.41) is 4.89. The first-order chi connectivity index (χ1) is 14.9. The summed E-state index contributed by atoms with van der Waals surface area (Å²) in [5.41, 5.74) is 2.65. The van der Waals surface area contributed by atoms with Crippen molar-refractivity contribution in [3.8, 4) is 0 Å². The van der Waals surface area contributed by atoms with Crippen molar-refractivity contribution in [3.05, 3.63) is 24.8 Å².